The lowest BCUT2D eigenvalue weighted by atomic mass is 9.97. The second kappa shape index (κ2) is 13.6. The van der Waals surface area contributed by atoms with Crippen molar-refractivity contribution in [1.29, 1.82) is 0 Å². The molecule has 0 unspecified atom stereocenters. The van der Waals surface area contributed by atoms with Crippen molar-refractivity contribution >= 4 is 60.8 Å². The van der Waals surface area contributed by atoms with E-state index in [9.17, 15) is 0 Å². The van der Waals surface area contributed by atoms with Gasteiger partial charge in [-0.3, -0.25) is 0 Å². The average Bonchev–Trinajstić information content (AvgIpc) is 3.84. The quantitative estimate of drug-likeness (QED) is 0.163. The number of hydrogen-bond donors (Lipinski definition) is 0. The fourth-order valence-electron chi connectivity index (χ4n) is 8.55. The molecule has 2 aromatic heterocycles. The number of furan rings is 1. The molecule has 0 aliphatic rings. The highest BCUT2D eigenvalue weighted by Crippen LogP contribution is 2.47. The van der Waals surface area contributed by atoms with Crippen molar-refractivity contribution in [3.05, 3.63) is 218 Å². The molecule has 0 saturated carbocycles. The van der Waals surface area contributed by atoms with Gasteiger partial charge in [-0.25, -0.2) is 0 Å². The third-order valence-electron chi connectivity index (χ3n) is 11.2. The van der Waals surface area contributed by atoms with Crippen molar-refractivity contribution in [1.82, 2.24) is 4.57 Å². The number of hydrogen-bond acceptors (Lipinski definition) is 2. The van der Waals surface area contributed by atoms with Gasteiger partial charge in [-0.05, 0) is 106 Å². The summed E-state index contributed by atoms with van der Waals surface area (Å²) in [5, 5.41) is 4.44. The van der Waals surface area contributed by atoms with Gasteiger partial charge in [0, 0.05) is 27.8 Å². The van der Waals surface area contributed by atoms with Crippen molar-refractivity contribution in [2.24, 2.45) is 0 Å². The van der Waals surface area contributed by atoms with E-state index in [-0.39, 0.29) is 0 Å². The zero-order valence-corrected chi connectivity index (χ0v) is 31.1. The zero-order chi connectivity index (χ0) is 37.7. The van der Waals surface area contributed by atoms with Gasteiger partial charge in [0.05, 0.1) is 27.5 Å². The number of anilines is 3. The van der Waals surface area contributed by atoms with Crippen LogP contribution in [0.25, 0.3) is 82.8 Å². The molecule has 0 saturated heterocycles. The highest BCUT2D eigenvalue weighted by atomic mass is 16.3. The summed E-state index contributed by atoms with van der Waals surface area (Å²) in [6, 6.07) is 78.0. The van der Waals surface area contributed by atoms with Crippen LogP contribution in [0.5, 0.6) is 0 Å². The summed E-state index contributed by atoms with van der Waals surface area (Å²) in [5.74, 6) is 0. The maximum atomic E-state index is 7.01. The number of nitrogens with zero attached hydrogens (tertiary/aromatic N) is 2. The van der Waals surface area contributed by atoms with Crippen LogP contribution >= 0.6 is 0 Å². The molecule has 0 aliphatic heterocycles. The van der Waals surface area contributed by atoms with Crippen LogP contribution in [0.2, 0.25) is 0 Å². The summed E-state index contributed by atoms with van der Waals surface area (Å²) in [7, 11) is 0. The van der Waals surface area contributed by atoms with Crippen LogP contribution in [-0.2, 0) is 0 Å². The van der Waals surface area contributed by atoms with Crippen molar-refractivity contribution in [2.75, 3.05) is 4.90 Å². The van der Waals surface area contributed by atoms with Crippen LogP contribution < -0.4 is 4.90 Å². The Bertz CT molecular complexity index is 3140. The number of benzene rings is 9. The van der Waals surface area contributed by atoms with Crippen LogP contribution in [0.3, 0.4) is 0 Å². The molecule has 57 heavy (non-hydrogen) atoms. The molecule has 0 spiro atoms. The summed E-state index contributed by atoms with van der Waals surface area (Å²) >= 11 is 0. The Morgan fingerprint density at radius 3 is 1.56 bits per heavy atom. The van der Waals surface area contributed by atoms with E-state index in [1.807, 2.05) is 0 Å². The molecule has 0 amide bonds. The topological polar surface area (TPSA) is 21.3 Å². The van der Waals surface area contributed by atoms with Gasteiger partial charge in [-0.15, -0.1) is 0 Å². The first-order chi connectivity index (χ1) is 28.3. The van der Waals surface area contributed by atoms with E-state index in [4.69, 9.17) is 4.42 Å². The van der Waals surface area contributed by atoms with E-state index in [1.54, 1.807) is 0 Å². The summed E-state index contributed by atoms with van der Waals surface area (Å²) in [4.78, 5) is 2.41. The molecule has 0 bridgehead atoms. The van der Waals surface area contributed by atoms with E-state index in [0.717, 1.165) is 72.2 Å². The number of rotatable bonds is 7. The minimum Gasteiger partial charge on any atom is -0.455 e. The van der Waals surface area contributed by atoms with E-state index in [0.29, 0.717) is 0 Å². The summed E-state index contributed by atoms with van der Waals surface area (Å²) in [6.07, 6.45) is 0. The summed E-state index contributed by atoms with van der Waals surface area (Å²) in [6.45, 7) is 0. The molecule has 9 aromatic carbocycles. The first kappa shape index (κ1) is 32.8. The molecule has 0 aliphatic carbocycles. The van der Waals surface area contributed by atoms with Crippen molar-refractivity contribution < 1.29 is 4.42 Å². The molecule has 0 radical (unpaired) electrons. The molecular formula is C54H36N2O. The highest BCUT2D eigenvalue weighted by Gasteiger charge is 2.24. The summed E-state index contributed by atoms with van der Waals surface area (Å²) < 4.78 is 9.35. The number of fused-ring (bicyclic) bond motifs is 7. The number of para-hydroxylation sites is 2. The van der Waals surface area contributed by atoms with E-state index in [1.165, 1.54) is 27.6 Å². The van der Waals surface area contributed by atoms with Gasteiger partial charge in [0.15, 0.2) is 0 Å². The maximum absolute atomic E-state index is 7.01. The minimum absolute atomic E-state index is 0.847. The van der Waals surface area contributed by atoms with Gasteiger partial charge in [-0.1, -0.05) is 146 Å². The standard InChI is InChI=1S/C54H36N2O/c1-5-16-37(17-6-1)40-28-30-44(31-29-40)55(45-35-41(38-18-7-2-8-19-38)34-42(36-45)39-20-9-3-10-21-39)49-26-15-27-51-52(49)47-32-33-50-53(54(47)57-51)46-24-13-14-25-48(46)56(50)43-22-11-4-12-23-43/h1-36H. The monoisotopic (exact) mass is 728 g/mol. The molecule has 11 rings (SSSR count). The fourth-order valence-corrected chi connectivity index (χ4v) is 8.55. The lowest BCUT2D eigenvalue weighted by molar-refractivity contribution is 0.673. The van der Waals surface area contributed by atoms with Gasteiger partial charge in [0.2, 0.25) is 0 Å². The van der Waals surface area contributed by atoms with Crippen molar-refractivity contribution in [3.8, 4) is 39.1 Å². The molecule has 0 atom stereocenters. The van der Waals surface area contributed by atoms with E-state index in [2.05, 4.69) is 228 Å². The van der Waals surface area contributed by atoms with Gasteiger partial charge < -0.3 is 13.9 Å². The lowest BCUT2D eigenvalue weighted by Crippen LogP contribution is -2.10. The molecule has 11 aromatic rings. The largest absolute Gasteiger partial charge is 0.455 e. The Kier molecular flexibility index (Phi) is 7.82. The molecule has 3 nitrogen and oxygen atoms in total. The van der Waals surface area contributed by atoms with Crippen molar-refractivity contribution in [2.45, 2.75) is 0 Å². The SMILES string of the molecule is c1ccc(-c2ccc(N(c3cc(-c4ccccc4)cc(-c4ccccc4)c3)c3cccc4oc5c(ccc6c5c5ccccc5n6-c5ccccc5)c34)cc2)cc1. The Morgan fingerprint density at radius 2 is 0.912 bits per heavy atom. The first-order valence-electron chi connectivity index (χ1n) is 19.4. The van der Waals surface area contributed by atoms with Crippen LogP contribution in [0, 0.1) is 0 Å². The number of aromatic nitrogens is 1. The van der Waals surface area contributed by atoms with Gasteiger partial charge in [-0.2, -0.15) is 0 Å². The third kappa shape index (κ3) is 5.60. The second-order valence-electron chi connectivity index (χ2n) is 14.5. The minimum atomic E-state index is 0.847. The normalized spacial score (nSPS) is 11.5. The van der Waals surface area contributed by atoms with Gasteiger partial charge in [0.1, 0.15) is 11.2 Å². The predicted octanol–water partition coefficient (Wildman–Crippen LogP) is 15.2. The zero-order valence-electron chi connectivity index (χ0n) is 31.1. The molecule has 3 heteroatoms. The van der Waals surface area contributed by atoms with Crippen LogP contribution in [0.1, 0.15) is 0 Å². The first-order valence-corrected chi connectivity index (χ1v) is 19.4. The molecule has 0 fully saturated rings. The third-order valence-corrected chi connectivity index (χ3v) is 11.2. The Hall–Kier alpha value is -7.62. The summed E-state index contributed by atoms with van der Waals surface area (Å²) in [5.41, 5.74) is 15.3. The van der Waals surface area contributed by atoms with E-state index < -0.39 is 0 Å². The predicted molar refractivity (Wildman–Crippen MR) is 239 cm³/mol. The van der Waals surface area contributed by atoms with Gasteiger partial charge in [0.25, 0.3) is 0 Å². The molecule has 0 N–H and O–H groups in total. The maximum Gasteiger partial charge on any atom is 0.145 e. The molecule has 2 heterocycles. The fraction of sp³-hybridized carbons (Fsp3) is 0. The second-order valence-corrected chi connectivity index (χ2v) is 14.5. The van der Waals surface area contributed by atoms with Crippen LogP contribution in [-0.4, -0.2) is 4.57 Å². The Balaban J connectivity index is 1.19. The molecule has 268 valence electrons. The van der Waals surface area contributed by atoms with Crippen LogP contribution in [0.4, 0.5) is 17.1 Å². The van der Waals surface area contributed by atoms with Crippen molar-refractivity contribution in [3.63, 3.8) is 0 Å². The smallest absolute Gasteiger partial charge is 0.145 e. The Morgan fingerprint density at radius 1 is 0.351 bits per heavy atom. The van der Waals surface area contributed by atoms with E-state index >= 15 is 0 Å². The molecular weight excluding hydrogens is 693 g/mol. The van der Waals surface area contributed by atoms with Crippen LogP contribution in [0.15, 0.2) is 223 Å². The lowest BCUT2D eigenvalue weighted by Gasteiger charge is -2.28. The van der Waals surface area contributed by atoms with Gasteiger partial charge >= 0.3 is 0 Å². The average molecular weight is 729 g/mol. The Labute approximate surface area is 330 Å². The highest BCUT2D eigenvalue weighted by molar-refractivity contribution is 6.26.